The maximum Gasteiger partial charge on any atom is 0.325 e. The summed E-state index contributed by atoms with van der Waals surface area (Å²) >= 11 is 5.70. The summed E-state index contributed by atoms with van der Waals surface area (Å²) in [5, 5.41) is 16.8. The molecule has 8 heteroatoms. The molecule has 2 rings (SSSR count). The number of likely N-dealkylation sites (N-methyl/N-ethyl adjacent to an activating group) is 1. The third-order valence-corrected chi connectivity index (χ3v) is 3.18. The molecule has 1 aromatic carbocycles. The smallest absolute Gasteiger partial charge is 0.325 e. The third-order valence-electron chi connectivity index (χ3n) is 2.89. The molecule has 0 aliphatic heterocycles. The number of carboxylic acid groups (broad SMARTS) is 1. The topological polar surface area (TPSA) is 79.5 Å². The summed E-state index contributed by atoms with van der Waals surface area (Å²) in [5.74, 6) is -0.985. The Morgan fingerprint density at radius 2 is 2.24 bits per heavy atom. The van der Waals surface area contributed by atoms with Gasteiger partial charge < -0.3 is 9.52 Å². The maximum absolute atomic E-state index is 13.2. The molecule has 0 aliphatic carbocycles. The minimum atomic E-state index is -1.09. The molecule has 0 unspecified atom stereocenters. The molecule has 6 nitrogen and oxygen atoms in total. The van der Waals surface area contributed by atoms with Crippen molar-refractivity contribution in [1.29, 1.82) is 0 Å². The molecule has 0 spiro atoms. The molecule has 0 amide bonds. The minimum Gasteiger partial charge on any atom is -0.480 e. The lowest BCUT2D eigenvalue weighted by Crippen LogP contribution is -2.30. The Labute approximate surface area is 125 Å². The Morgan fingerprint density at radius 3 is 2.76 bits per heavy atom. The zero-order chi connectivity index (χ0) is 15.6. The molecule has 0 radical (unpaired) electrons. The third kappa shape index (κ3) is 3.56. The van der Waals surface area contributed by atoms with Crippen molar-refractivity contribution < 1.29 is 18.7 Å². The van der Waals surface area contributed by atoms with Crippen molar-refractivity contribution in [2.45, 2.75) is 19.5 Å². The van der Waals surface area contributed by atoms with Gasteiger partial charge in [-0.05, 0) is 24.7 Å². The van der Waals surface area contributed by atoms with E-state index >= 15 is 0 Å². The highest BCUT2D eigenvalue weighted by molar-refractivity contribution is 6.30. The fourth-order valence-electron chi connectivity index (χ4n) is 1.97. The van der Waals surface area contributed by atoms with Gasteiger partial charge in [-0.3, -0.25) is 9.69 Å². The summed E-state index contributed by atoms with van der Waals surface area (Å²) in [6.45, 7) is 1.79. The number of aromatic nitrogens is 2. The van der Waals surface area contributed by atoms with Crippen molar-refractivity contribution in [3.8, 4) is 0 Å². The van der Waals surface area contributed by atoms with E-state index in [1.807, 2.05) is 0 Å². The first-order chi connectivity index (χ1) is 9.88. The van der Waals surface area contributed by atoms with Gasteiger partial charge in [0.15, 0.2) is 0 Å². The van der Waals surface area contributed by atoms with Crippen LogP contribution < -0.4 is 0 Å². The number of rotatable bonds is 5. The summed E-state index contributed by atoms with van der Waals surface area (Å²) in [6.07, 6.45) is 0. The molecule has 1 N–H and O–H groups in total. The fraction of sp³-hybridized carbons (Fsp3) is 0.308. The maximum atomic E-state index is 13.2. The molecular weight excluding hydrogens is 301 g/mol. The molecule has 2 aromatic rings. The quantitative estimate of drug-likeness (QED) is 0.913. The van der Waals surface area contributed by atoms with Crippen LogP contribution in [0.4, 0.5) is 4.39 Å². The van der Waals surface area contributed by atoms with Crippen molar-refractivity contribution in [3.63, 3.8) is 0 Å². The number of halogens is 2. The highest BCUT2D eigenvalue weighted by Gasteiger charge is 2.26. The lowest BCUT2D eigenvalue weighted by Gasteiger charge is -2.23. The van der Waals surface area contributed by atoms with E-state index in [2.05, 4.69) is 10.2 Å². The van der Waals surface area contributed by atoms with Crippen LogP contribution in [-0.2, 0) is 11.3 Å². The normalized spacial score (nSPS) is 12.6. The molecule has 0 saturated heterocycles. The monoisotopic (exact) mass is 313 g/mol. The molecule has 0 bridgehead atoms. The Hall–Kier alpha value is -1.99. The van der Waals surface area contributed by atoms with E-state index in [-0.39, 0.29) is 11.6 Å². The minimum absolute atomic E-state index is 0.124. The molecule has 0 aliphatic rings. The SMILES string of the molecule is Cc1nnc(CN(C)[C@@H](C(=O)O)c2ccc(F)c(Cl)c2)o1. The second kappa shape index (κ2) is 6.19. The summed E-state index contributed by atoms with van der Waals surface area (Å²) < 4.78 is 18.4. The van der Waals surface area contributed by atoms with Crippen LogP contribution in [0.1, 0.15) is 23.4 Å². The van der Waals surface area contributed by atoms with Crippen molar-refractivity contribution in [3.05, 3.63) is 46.4 Å². The predicted molar refractivity (Wildman–Crippen MR) is 72.3 cm³/mol. The van der Waals surface area contributed by atoms with Crippen LogP contribution in [0, 0.1) is 12.7 Å². The van der Waals surface area contributed by atoms with Gasteiger partial charge in [0.2, 0.25) is 11.8 Å². The van der Waals surface area contributed by atoms with Gasteiger partial charge in [0.25, 0.3) is 0 Å². The lowest BCUT2D eigenvalue weighted by molar-refractivity contribution is -0.143. The fourth-order valence-corrected chi connectivity index (χ4v) is 2.16. The zero-order valence-corrected chi connectivity index (χ0v) is 12.1. The number of carboxylic acids is 1. The summed E-state index contributed by atoms with van der Waals surface area (Å²) in [6, 6.07) is 2.81. The van der Waals surface area contributed by atoms with Crippen LogP contribution >= 0.6 is 11.6 Å². The molecule has 112 valence electrons. The van der Waals surface area contributed by atoms with Crippen LogP contribution in [-0.4, -0.2) is 33.2 Å². The van der Waals surface area contributed by atoms with E-state index in [4.69, 9.17) is 16.0 Å². The molecule has 1 atom stereocenters. The Morgan fingerprint density at radius 1 is 1.52 bits per heavy atom. The first-order valence-corrected chi connectivity index (χ1v) is 6.43. The van der Waals surface area contributed by atoms with Gasteiger partial charge in [0.05, 0.1) is 11.6 Å². The summed E-state index contributed by atoms with van der Waals surface area (Å²) in [5.41, 5.74) is 0.368. The van der Waals surface area contributed by atoms with Gasteiger partial charge >= 0.3 is 5.97 Å². The van der Waals surface area contributed by atoms with Crippen molar-refractivity contribution in [1.82, 2.24) is 15.1 Å². The Bertz CT molecular complexity index is 662. The second-order valence-corrected chi connectivity index (χ2v) is 4.95. The number of aryl methyl sites for hydroxylation is 1. The van der Waals surface area contributed by atoms with Gasteiger partial charge in [0.1, 0.15) is 11.9 Å². The molecule has 21 heavy (non-hydrogen) atoms. The molecule has 0 saturated carbocycles. The number of carbonyl (C=O) groups is 1. The van der Waals surface area contributed by atoms with Crippen molar-refractivity contribution in [2.24, 2.45) is 0 Å². The summed E-state index contributed by atoms with van der Waals surface area (Å²) in [4.78, 5) is 13.0. The Kier molecular flexibility index (Phi) is 4.54. The number of aliphatic carboxylic acids is 1. The average molecular weight is 314 g/mol. The van der Waals surface area contributed by atoms with Crippen LogP contribution in [0.2, 0.25) is 5.02 Å². The Balaban J connectivity index is 2.25. The van der Waals surface area contributed by atoms with Gasteiger partial charge in [-0.2, -0.15) is 0 Å². The zero-order valence-electron chi connectivity index (χ0n) is 11.4. The van der Waals surface area contributed by atoms with Crippen LogP contribution in [0.5, 0.6) is 0 Å². The first kappa shape index (κ1) is 15.4. The van der Waals surface area contributed by atoms with Crippen molar-refractivity contribution >= 4 is 17.6 Å². The molecule has 1 aromatic heterocycles. The second-order valence-electron chi connectivity index (χ2n) is 4.54. The highest BCUT2D eigenvalue weighted by Crippen LogP contribution is 2.25. The number of nitrogens with zero attached hydrogens (tertiary/aromatic N) is 3. The van der Waals surface area contributed by atoms with Crippen LogP contribution in [0.15, 0.2) is 22.6 Å². The van der Waals surface area contributed by atoms with Crippen LogP contribution in [0.3, 0.4) is 0 Å². The lowest BCUT2D eigenvalue weighted by atomic mass is 10.1. The van der Waals surface area contributed by atoms with Crippen LogP contribution in [0.25, 0.3) is 0 Å². The van der Waals surface area contributed by atoms with E-state index in [1.165, 1.54) is 17.0 Å². The number of hydrogen-bond donors (Lipinski definition) is 1. The molecule has 1 heterocycles. The number of hydrogen-bond acceptors (Lipinski definition) is 5. The first-order valence-electron chi connectivity index (χ1n) is 6.05. The molecule has 0 fully saturated rings. The predicted octanol–water partition coefficient (Wildman–Crippen LogP) is 2.43. The van der Waals surface area contributed by atoms with E-state index in [0.717, 1.165) is 6.07 Å². The van der Waals surface area contributed by atoms with Gasteiger partial charge in [0, 0.05) is 6.92 Å². The van der Waals surface area contributed by atoms with Gasteiger partial charge in [-0.1, -0.05) is 17.7 Å². The van der Waals surface area contributed by atoms with E-state index < -0.39 is 17.8 Å². The average Bonchev–Trinajstić information content (AvgIpc) is 2.79. The molecular formula is C13H13ClFN3O3. The van der Waals surface area contributed by atoms with Crippen molar-refractivity contribution in [2.75, 3.05) is 7.05 Å². The largest absolute Gasteiger partial charge is 0.480 e. The van der Waals surface area contributed by atoms with E-state index in [0.29, 0.717) is 17.3 Å². The highest BCUT2D eigenvalue weighted by atomic mass is 35.5. The standard InChI is InChI=1S/C13H13ClFN3O3/c1-7-16-17-11(21-7)6-18(2)12(13(19)20)8-3-4-10(15)9(14)5-8/h3-5,12H,6H2,1-2H3,(H,19,20)/t12-/m1/s1. The number of benzene rings is 1. The van der Waals surface area contributed by atoms with E-state index in [9.17, 15) is 14.3 Å². The van der Waals surface area contributed by atoms with E-state index in [1.54, 1.807) is 14.0 Å². The summed E-state index contributed by atoms with van der Waals surface area (Å²) in [7, 11) is 1.59. The van der Waals surface area contributed by atoms with Gasteiger partial charge in [-0.15, -0.1) is 10.2 Å². The van der Waals surface area contributed by atoms with Gasteiger partial charge in [-0.25, -0.2) is 4.39 Å².